The van der Waals surface area contributed by atoms with E-state index in [1.807, 2.05) is 5.51 Å². The maximum absolute atomic E-state index is 4.28. The smallest absolute Gasteiger partial charge is 0.0798 e. The molecule has 0 radical (unpaired) electrons. The van der Waals surface area contributed by atoms with Crippen LogP contribution in [-0.4, -0.2) is 29.2 Å². The Kier molecular flexibility index (Phi) is 6.39. The molecule has 1 aromatic heterocycles. The quantitative estimate of drug-likeness (QED) is 0.756. The topological polar surface area (TPSA) is 16.1 Å². The van der Waals surface area contributed by atoms with Gasteiger partial charge in [-0.15, -0.1) is 11.3 Å². The molecule has 1 unspecified atom stereocenters. The minimum atomic E-state index is 0.780. The molecule has 92 valence electrons. The van der Waals surface area contributed by atoms with E-state index in [0.29, 0.717) is 0 Å². The lowest BCUT2D eigenvalue weighted by atomic mass is 10.1. The fraction of sp³-hybridized carbons (Fsp3) is 0.750. The lowest BCUT2D eigenvalue weighted by Gasteiger charge is -2.18. The van der Waals surface area contributed by atoms with Crippen LogP contribution in [0.4, 0.5) is 0 Å². The molecule has 0 fully saturated rings. The molecule has 0 spiro atoms. The highest BCUT2D eigenvalue weighted by Crippen LogP contribution is 2.15. The summed E-state index contributed by atoms with van der Waals surface area (Å²) < 4.78 is 0. The Bertz CT molecular complexity index is 299. The van der Waals surface area contributed by atoms with Crippen LogP contribution < -0.4 is 0 Å². The van der Waals surface area contributed by atoms with Crippen LogP contribution in [0.1, 0.15) is 30.3 Å². The van der Waals surface area contributed by atoms with Crippen LogP contribution >= 0.6 is 24.0 Å². The average Bonchev–Trinajstić information content (AvgIpc) is 2.62. The van der Waals surface area contributed by atoms with E-state index in [9.17, 15) is 0 Å². The van der Waals surface area contributed by atoms with Crippen molar-refractivity contribution in [3.63, 3.8) is 0 Å². The largest absolute Gasteiger partial charge is 0.301 e. The Morgan fingerprint density at radius 2 is 2.25 bits per heavy atom. The summed E-state index contributed by atoms with van der Waals surface area (Å²) in [6.07, 6.45) is 2.48. The monoisotopic (exact) mass is 258 g/mol. The molecule has 0 saturated carbocycles. The standard InChI is InChI=1S/C12H22N2S2/c1-10(5-7-15)4-6-14(3)8-12-11(2)13-9-16-12/h9-10,15H,4-8H2,1-3H3. The summed E-state index contributed by atoms with van der Waals surface area (Å²) in [4.78, 5) is 8.05. The zero-order valence-electron chi connectivity index (χ0n) is 10.4. The first-order valence-electron chi connectivity index (χ1n) is 5.81. The highest BCUT2D eigenvalue weighted by Gasteiger charge is 2.07. The van der Waals surface area contributed by atoms with E-state index in [-0.39, 0.29) is 0 Å². The van der Waals surface area contributed by atoms with Gasteiger partial charge < -0.3 is 4.90 Å². The number of aromatic nitrogens is 1. The van der Waals surface area contributed by atoms with Gasteiger partial charge in [-0.1, -0.05) is 6.92 Å². The summed E-state index contributed by atoms with van der Waals surface area (Å²) in [6, 6.07) is 0. The van der Waals surface area contributed by atoms with E-state index in [1.54, 1.807) is 11.3 Å². The van der Waals surface area contributed by atoms with Gasteiger partial charge in [0.15, 0.2) is 0 Å². The summed E-state index contributed by atoms with van der Waals surface area (Å²) in [5.74, 6) is 1.78. The second-order valence-corrected chi connectivity index (χ2v) is 5.89. The first-order chi connectivity index (χ1) is 7.63. The molecule has 0 N–H and O–H groups in total. The molecule has 0 aliphatic heterocycles. The molecular weight excluding hydrogens is 236 g/mol. The van der Waals surface area contributed by atoms with E-state index < -0.39 is 0 Å². The summed E-state index contributed by atoms with van der Waals surface area (Å²) in [7, 11) is 2.19. The lowest BCUT2D eigenvalue weighted by Crippen LogP contribution is -2.20. The van der Waals surface area contributed by atoms with Gasteiger partial charge in [0.05, 0.1) is 11.2 Å². The Balaban J connectivity index is 2.26. The van der Waals surface area contributed by atoms with E-state index in [2.05, 4.69) is 43.4 Å². The Hall–Kier alpha value is -0.0600. The minimum Gasteiger partial charge on any atom is -0.301 e. The van der Waals surface area contributed by atoms with Crippen molar-refractivity contribution in [3.8, 4) is 0 Å². The van der Waals surface area contributed by atoms with E-state index >= 15 is 0 Å². The van der Waals surface area contributed by atoms with Crippen LogP contribution in [0.5, 0.6) is 0 Å². The van der Waals surface area contributed by atoms with E-state index in [1.165, 1.54) is 23.4 Å². The summed E-state index contributed by atoms with van der Waals surface area (Å²) >= 11 is 6.03. The number of thiol groups is 1. The van der Waals surface area contributed by atoms with Gasteiger partial charge >= 0.3 is 0 Å². The molecule has 0 aliphatic carbocycles. The van der Waals surface area contributed by atoms with Crippen LogP contribution in [0, 0.1) is 12.8 Å². The van der Waals surface area contributed by atoms with Gasteiger partial charge in [-0.05, 0) is 45.0 Å². The zero-order valence-corrected chi connectivity index (χ0v) is 12.2. The van der Waals surface area contributed by atoms with Crippen LogP contribution in [0.25, 0.3) is 0 Å². The van der Waals surface area contributed by atoms with E-state index in [4.69, 9.17) is 0 Å². The van der Waals surface area contributed by atoms with Gasteiger partial charge in [-0.2, -0.15) is 12.6 Å². The number of hydrogen-bond acceptors (Lipinski definition) is 4. The van der Waals surface area contributed by atoms with Crippen LogP contribution in [-0.2, 0) is 6.54 Å². The van der Waals surface area contributed by atoms with Gasteiger partial charge in [0.2, 0.25) is 0 Å². The fourth-order valence-electron chi connectivity index (χ4n) is 1.61. The molecule has 2 nitrogen and oxygen atoms in total. The predicted molar refractivity (Wildman–Crippen MR) is 75.4 cm³/mol. The van der Waals surface area contributed by atoms with E-state index in [0.717, 1.165) is 24.8 Å². The average molecular weight is 258 g/mol. The minimum absolute atomic E-state index is 0.780. The number of rotatable bonds is 7. The van der Waals surface area contributed by atoms with Crippen molar-refractivity contribution in [1.82, 2.24) is 9.88 Å². The van der Waals surface area contributed by atoms with Crippen molar-refractivity contribution in [1.29, 1.82) is 0 Å². The second kappa shape index (κ2) is 7.30. The predicted octanol–water partition coefficient (Wildman–Crippen LogP) is 3.23. The second-order valence-electron chi connectivity index (χ2n) is 4.50. The third-order valence-electron chi connectivity index (χ3n) is 2.88. The Morgan fingerprint density at radius 1 is 1.50 bits per heavy atom. The summed E-state index contributed by atoms with van der Waals surface area (Å²) in [5, 5.41) is 0. The molecule has 4 heteroatoms. The molecule has 1 aromatic rings. The number of nitrogens with zero attached hydrogens (tertiary/aromatic N) is 2. The Morgan fingerprint density at radius 3 is 2.81 bits per heavy atom. The van der Waals surface area contributed by atoms with Crippen LogP contribution in [0.15, 0.2) is 5.51 Å². The molecule has 1 rings (SSSR count). The molecule has 0 aromatic carbocycles. The fourth-order valence-corrected chi connectivity index (χ4v) is 2.90. The van der Waals surface area contributed by atoms with Crippen molar-refractivity contribution in [2.75, 3.05) is 19.3 Å². The third kappa shape index (κ3) is 4.85. The first kappa shape index (κ1) is 14.0. The normalized spacial score (nSPS) is 13.3. The number of hydrogen-bond donors (Lipinski definition) is 1. The first-order valence-corrected chi connectivity index (χ1v) is 7.33. The summed E-state index contributed by atoms with van der Waals surface area (Å²) in [6.45, 7) is 6.58. The number of aryl methyl sites for hydroxylation is 1. The van der Waals surface area contributed by atoms with Gasteiger partial charge in [-0.25, -0.2) is 4.98 Å². The molecule has 0 amide bonds. The molecule has 0 bridgehead atoms. The number of thiazole rings is 1. The van der Waals surface area contributed by atoms with Gasteiger partial charge in [0.25, 0.3) is 0 Å². The van der Waals surface area contributed by atoms with Crippen molar-refractivity contribution in [2.45, 2.75) is 33.2 Å². The highest BCUT2D eigenvalue weighted by molar-refractivity contribution is 7.80. The zero-order chi connectivity index (χ0) is 12.0. The molecular formula is C12H22N2S2. The lowest BCUT2D eigenvalue weighted by molar-refractivity contribution is 0.298. The van der Waals surface area contributed by atoms with Crippen molar-refractivity contribution in [2.24, 2.45) is 5.92 Å². The van der Waals surface area contributed by atoms with Crippen molar-refractivity contribution < 1.29 is 0 Å². The van der Waals surface area contributed by atoms with Gasteiger partial charge in [-0.3, -0.25) is 0 Å². The maximum atomic E-state index is 4.28. The van der Waals surface area contributed by atoms with Crippen LogP contribution in [0.3, 0.4) is 0 Å². The van der Waals surface area contributed by atoms with Crippen molar-refractivity contribution >= 4 is 24.0 Å². The molecule has 0 saturated heterocycles. The molecule has 16 heavy (non-hydrogen) atoms. The summed E-state index contributed by atoms with van der Waals surface area (Å²) in [5.41, 5.74) is 3.11. The Labute approximate surface area is 108 Å². The SMILES string of the molecule is Cc1ncsc1CN(C)CCC(C)CCS. The van der Waals surface area contributed by atoms with Crippen LogP contribution in [0.2, 0.25) is 0 Å². The van der Waals surface area contributed by atoms with Gasteiger partial charge in [0, 0.05) is 11.4 Å². The molecule has 1 heterocycles. The van der Waals surface area contributed by atoms with Gasteiger partial charge in [0.1, 0.15) is 0 Å². The molecule has 1 atom stereocenters. The highest BCUT2D eigenvalue weighted by atomic mass is 32.1. The molecule has 0 aliphatic rings. The third-order valence-corrected chi connectivity index (χ3v) is 4.06. The van der Waals surface area contributed by atoms with Crippen molar-refractivity contribution in [3.05, 3.63) is 16.1 Å². The maximum Gasteiger partial charge on any atom is 0.0798 e.